The van der Waals surface area contributed by atoms with E-state index in [-0.39, 0.29) is 0 Å². The van der Waals surface area contributed by atoms with Crippen LogP contribution in [0.2, 0.25) is 5.02 Å². The molecule has 0 aliphatic carbocycles. The molecule has 2 rings (SSSR count). The van der Waals surface area contributed by atoms with Gasteiger partial charge in [0.25, 0.3) is 0 Å². The van der Waals surface area contributed by atoms with Gasteiger partial charge in [0, 0.05) is 17.8 Å². The first-order chi connectivity index (χ1) is 5.83. The van der Waals surface area contributed by atoms with Gasteiger partial charge < -0.3 is 4.98 Å². The van der Waals surface area contributed by atoms with Gasteiger partial charge in [0.2, 0.25) is 0 Å². The summed E-state index contributed by atoms with van der Waals surface area (Å²) in [7, 11) is 0. The molecule has 0 saturated carbocycles. The Hall–Kier alpha value is -1.53. The number of aromatic nitrogens is 2. The first-order valence-electron chi connectivity index (χ1n) is 3.34. The maximum atomic E-state index is 8.67. The number of halogens is 1. The molecule has 2 aromatic heterocycles. The Kier molecular flexibility index (Phi) is 1.49. The van der Waals surface area contributed by atoms with E-state index < -0.39 is 0 Å². The summed E-state index contributed by atoms with van der Waals surface area (Å²) in [5.74, 6) is 0. The van der Waals surface area contributed by atoms with E-state index in [4.69, 9.17) is 16.9 Å². The lowest BCUT2D eigenvalue weighted by atomic mass is 10.2. The van der Waals surface area contributed by atoms with E-state index in [1.54, 1.807) is 18.5 Å². The van der Waals surface area contributed by atoms with Crippen LogP contribution < -0.4 is 0 Å². The second-order valence-electron chi connectivity index (χ2n) is 2.33. The van der Waals surface area contributed by atoms with Crippen LogP contribution in [0.5, 0.6) is 0 Å². The molecule has 0 aliphatic heterocycles. The highest BCUT2D eigenvalue weighted by atomic mass is 35.5. The van der Waals surface area contributed by atoms with E-state index in [9.17, 15) is 0 Å². The molecule has 0 fully saturated rings. The predicted molar refractivity (Wildman–Crippen MR) is 45.8 cm³/mol. The third-order valence-electron chi connectivity index (χ3n) is 1.66. The number of hydrogen-bond acceptors (Lipinski definition) is 2. The second-order valence-corrected chi connectivity index (χ2v) is 2.74. The first-order valence-corrected chi connectivity index (χ1v) is 3.72. The minimum atomic E-state index is 0.374. The van der Waals surface area contributed by atoms with Gasteiger partial charge in [-0.3, -0.25) is 0 Å². The lowest BCUT2D eigenvalue weighted by Crippen LogP contribution is -1.82. The zero-order valence-electron chi connectivity index (χ0n) is 6.00. The molecule has 0 aliphatic rings. The highest BCUT2D eigenvalue weighted by Gasteiger charge is 2.05. The van der Waals surface area contributed by atoms with Crippen LogP contribution in [0.3, 0.4) is 0 Å². The van der Waals surface area contributed by atoms with Crippen LogP contribution >= 0.6 is 11.6 Å². The largest absolute Gasteiger partial charge is 0.357 e. The van der Waals surface area contributed by atoms with Crippen molar-refractivity contribution in [2.24, 2.45) is 0 Å². The summed E-state index contributed by atoms with van der Waals surface area (Å²) in [5.41, 5.74) is 1.07. The molecule has 0 spiro atoms. The highest BCUT2D eigenvalue weighted by Crippen LogP contribution is 2.23. The highest BCUT2D eigenvalue weighted by molar-refractivity contribution is 6.35. The van der Waals surface area contributed by atoms with Crippen molar-refractivity contribution in [3.8, 4) is 6.07 Å². The number of fused-ring (bicyclic) bond motifs is 1. The number of H-pyrrole nitrogens is 1. The van der Waals surface area contributed by atoms with Gasteiger partial charge >= 0.3 is 0 Å². The molecule has 4 heteroatoms. The fraction of sp³-hybridized carbons (Fsp3) is 0. The Labute approximate surface area is 73.6 Å². The van der Waals surface area contributed by atoms with Crippen LogP contribution in [0.4, 0.5) is 0 Å². The third-order valence-corrected chi connectivity index (χ3v) is 1.97. The van der Waals surface area contributed by atoms with Gasteiger partial charge in [-0.25, -0.2) is 4.98 Å². The average Bonchev–Trinajstić information content (AvgIpc) is 2.48. The Bertz CT molecular complexity index is 467. The van der Waals surface area contributed by atoms with Crippen molar-refractivity contribution in [1.29, 1.82) is 5.26 Å². The molecule has 2 heterocycles. The van der Waals surface area contributed by atoms with Crippen molar-refractivity contribution < 1.29 is 0 Å². The van der Waals surface area contributed by atoms with Crippen molar-refractivity contribution in [3.63, 3.8) is 0 Å². The van der Waals surface area contributed by atoms with E-state index in [2.05, 4.69) is 9.97 Å². The molecule has 0 saturated heterocycles. The standard InChI is InChI=1S/C8H4ClN3/c9-6-4-12-8-5(6)1-2-11-7(8)3-10/h1-2,4,12H. The number of nitriles is 1. The zero-order chi connectivity index (χ0) is 8.55. The molecule has 1 N–H and O–H groups in total. The monoisotopic (exact) mass is 177 g/mol. The molecule has 0 unspecified atom stereocenters. The normalized spacial score (nSPS) is 10.0. The summed E-state index contributed by atoms with van der Waals surface area (Å²) in [6.07, 6.45) is 3.22. The molecule has 3 nitrogen and oxygen atoms in total. The number of pyridine rings is 1. The third kappa shape index (κ3) is 0.858. The fourth-order valence-electron chi connectivity index (χ4n) is 1.10. The Balaban J connectivity index is 2.92. The smallest absolute Gasteiger partial charge is 0.164 e. The van der Waals surface area contributed by atoms with E-state index in [1.807, 2.05) is 6.07 Å². The lowest BCUT2D eigenvalue weighted by Gasteiger charge is -1.90. The second kappa shape index (κ2) is 2.50. The van der Waals surface area contributed by atoms with Gasteiger partial charge in [-0.05, 0) is 6.07 Å². The quantitative estimate of drug-likeness (QED) is 0.670. The molecular formula is C8H4ClN3. The minimum Gasteiger partial charge on any atom is -0.357 e. The van der Waals surface area contributed by atoms with Gasteiger partial charge in [-0.1, -0.05) is 11.6 Å². The van der Waals surface area contributed by atoms with Crippen LogP contribution in [0.15, 0.2) is 18.5 Å². The van der Waals surface area contributed by atoms with Crippen LogP contribution in [0.25, 0.3) is 10.9 Å². The van der Waals surface area contributed by atoms with Crippen molar-refractivity contribution in [1.82, 2.24) is 9.97 Å². The summed E-state index contributed by atoms with van der Waals surface area (Å²) in [6, 6.07) is 3.76. The summed E-state index contributed by atoms with van der Waals surface area (Å²) < 4.78 is 0. The molecule has 0 radical (unpaired) electrons. The van der Waals surface area contributed by atoms with Gasteiger partial charge in [0.05, 0.1) is 10.5 Å². The molecular weight excluding hydrogens is 174 g/mol. The molecule has 0 amide bonds. The molecule has 2 aromatic rings. The summed E-state index contributed by atoms with van der Waals surface area (Å²) >= 11 is 5.83. The van der Waals surface area contributed by atoms with E-state index in [0.29, 0.717) is 16.2 Å². The molecule has 0 aromatic carbocycles. The van der Waals surface area contributed by atoms with E-state index in [1.165, 1.54) is 0 Å². The lowest BCUT2D eigenvalue weighted by molar-refractivity contribution is 1.28. The van der Waals surface area contributed by atoms with Crippen LogP contribution in [0.1, 0.15) is 5.69 Å². The topological polar surface area (TPSA) is 52.5 Å². The summed E-state index contributed by atoms with van der Waals surface area (Å²) in [6.45, 7) is 0. The van der Waals surface area contributed by atoms with Crippen molar-refractivity contribution in [3.05, 3.63) is 29.2 Å². The van der Waals surface area contributed by atoms with Crippen molar-refractivity contribution in [2.75, 3.05) is 0 Å². The predicted octanol–water partition coefficient (Wildman–Crippen LogP) is 2.09. The SMILES string of the molecule is N#Cc1nccc2c(Cl)c[nH]c12. The number of aromatic amines is 1. The Morgan fingerprint density at radius 2 is 2.42 bits per heavy atom. The fourth-order valence-corrected chi connectivity index (χ4v) is 1.32. The van der Waals surface area contributed by atoms with E-state index in [0.717, 1.165) is 5.39 Å². The molecule has 12 heavy (non-hydrogen) atoms. The van der Waals surface area contributed by atoms with Gasteiger partial charge in [0.15, 0.2) is 5.69 Å². The minimum absolute atomic E-state index is 0.374. The zero-order valence-corrected chi connectivity index (χ0v) is 6.76. The van der Waals surface area contributed by atoms with Crippen LogP contribution in [-0.4, -0.2) is 9.97 Å². The number of rotatable bonds is 0. The maximum absolute atomic E-state index is 8.67. The van der Waals surface area contributed by atoms with Crippen molar-refractivity contribution >= 4 is 22.5 Å². The maximum Gasteiger partial charge on any atom is 0.164 e. The van der Waals surface area contributed by atoms with E-state index >= 15 is 0 Å². The van der Waals surface area contributed by atoms with Gasteiger partial charge in [0.1, 0.15) is 6.07 Å². The first kappa shape index (κ1) is 7.14. The van der Waals surface area contributed by atoms with Gasteiger partial charge in [-0.2, -0.15) is 5.26 Å². The van der Waals surface area contributed by atoms with Crippen LogP contribution in [-0.2, 0) is 0 Å². The van der Waals surface area contributed by atoms with Crippen molar-refractivity contribution in [2.45, 2.75) is 0 Å². The number of nitrogens with one attached hydrogen (secondary N) is 1. The molecule has 0 atom stereocenters. The summed E-state index contributed by atoms with van der Waals surface area (Å²) in [5, 5.41) is 10.1. The Morgan fingerprint density at radius 3 is 3.17 bits per heavy atom. The average molecular weight is 178 g/mol. The molecule has 0 bridgehead atoms. The number of nitrogens with zero attached hydrogens (tertiary/aromatic N) is 2. The molecule has 58 valence electrons. The summed E-state index contributed by atoms with van der Waals surface area (Å²) in [4.78, 5) is 6.78. The van der Waals surface area contributed by atoms with Gasteiger partial charge in [-0.15, -0.1) is 0 Å². The Morgan fingerprint density at radius 1 is 1.58 bits per heavy atom. The van der Waals surface area contributed by atoms with Crippen LogP contribution in [0, 0.1) is 11.3 Å². The number of hydrogen-bond donors (Lipinski definition) is 1.